The summed E-state index contributed by atoms with van der Waals surface area (Å²) in [7, 11) is 0. The van der Waals surface area contributed by atoms with E-state index < -0.39 is 0 Å². The molecule has 0 radical (unpaired) electrons. The van der Waals surface area contributed by atoms with Crippen LogP contribution in [0.2, 0.25) is 0 Å². The van der Waals surface area contributed by atoms with Gasteiger partial charge in [0, 0.05) is 31.9 Å². The van der Waals surface area contributed by atoms with Crippen LogP contribution in [-0.4, -0.2) is 40.1 Å². The summed E-state index contributed by atoms with van der Waals surface area (Å²) in [6, 6.07) is 0.755. The number of imidazole rings is 1. The molecule has 3 unspecified atom stereocenters. The van der Waals surface area contributed by atoms with Gasteiger partial charge in [0.05, 0.1) is 12.0 Å². The average Bonchev–Trinajstić information content (AvgIpc) is 3.04. The molecule has 4 nitrogen and oxygen atoms in total. The van der Waals surface area contributed by atoms with Gasteiger partial charge in [-0.25, -0.2) is 4.98 Å². The van der Waals surface area contributed by atoms with Crippen LogP contribution in [0.25, 0.3) is 0 Å². The Morgan fingerprint density at radius 2 is 2.28 bits per heavy atom. The van der Waals surface area contributed by atoms with E-state index in [1.165, 1.54) is 31.7 Å². The second-order valence-electron chi connectivity index (χ2n) is 5.66. The van der Waals surface area contributed by atoms with Crippen LogP contribution in [0.1, 0.15) is 26.0 Å². The molecule has 2 fully saturated rings. The van der Waals surface area contributed by atoms with Crippen LogP contribution < -0.4 is 5.32 Å². The van der Waals surface area contributed by atoms with Crippen LogP contribution in [-0.2, 0) is 13.1 Å². The molecule has 1 N–H and O–H groups in total. The molecule has 100 valence electrons. The van der Waals surface area contributed by atoms with Gasteiger partial charge in [0.2, 0.25) is 0 Å². The van der Waals surface area contributed by atoms with Crippen molar-refractivity contribution in [1.82, 2.24) is 19.8 Å². The molecule has 0 saturated carbocycles. The number of nitrogens with zero attached hydrogens (tertiary/aromatic N) is 3. The number of hydrogen-bond acceptors (Lipinski definition) is 3. The van der Waals surface area contributed by atoms with Gasteiger partial charge in [0.1, 0.15) is 0 Å². The third-order valence-corrected chi connectivity index (χ3v) is 4.75. The van der Waals surface area contributed by atoms with Crippen molar-refractivity contribution in [2.45, 2.75) is 39.4 Å². The lowest BCUT2D eigenvalue weighted by atomic mass is 9.93. The Hall–Kier alpha value is -0.870. The maximum absolute atomic E-state index is 4.28. The monoisotopic (exact) mass is 248 g/mol. The number of rotatable bonds is 4. The van der Waals surface area contributed by atoms with E-state index in [9.17, 15) is 0 Å². The molecule has 2 aliphatic heterocycles. The van der Waals surface area contributed by atoms with Crippen LogP contribution in [0.5, 0.6) is 0 Å². The molecule has 0 aromatic carbocycles. The zero-order valence-corrected chi connectivity index (χ0v) is 11.5. The predicted molar refractivity (Wildman–Crippen MR) is 72.2 cm³/mol. The van der Waals surface area contributed by atoms with E-state index in [2.05, 4.69) is 33.6 Å². The van der Waals surface area contributed by atoms with Crippen molar-refractivity contribution in [3.63, 3.8) is 0 Å². The lowest BCUT2D eigenvalue weighted by molar-refractivity contribution is 0.206. The van der Waals surface area contributed by atoms with Gasteiger partial charge in [0.15, 0.2) is 0 Å². The first-order valence-electron chi connectivity index (χ1n) is 7.27. The number of nitrogens with one attached hydrogen (secondary N) is 1. The second-order valence-corrected chi connectivity index (χ2v) is 5.66. The Kier molecular flexibility index (Phi) is 3.39. The van der Waals surface area contributed by atoms with Crippen molar-refractivity contribution in [1.29, 1.82) is 0 Å². The second kappa shape index (κ2) is 5.02. The molecular weight excluding hydrogens is 224 g/mol. The third-order valence-electron chi connectivity index (χ3n) is 4.75. The van der Waals surface area contributed by atoms with Crippen molar-refractivity contribution >= 4 is 0 Å². The molecule has 2 aliphatic rings. The minimum atomic E-state index is 0.755. The summed E-state index contributed by atoms with van der Waals surface area (Å²) in [6.45, 7) is 10.3. The number of aromatic nitrogens is 2. The molecule has 0 bridgehead atoms. The minimum absolute atomic E-state index is 0.755. The van der Waals surface area contributed by atoms with Crippen molar-refractivity contribution in [2.24, 2.45) is 11.8 Å². The molecule has 0 aliphatic carbocycles. The summed E-state index contributed by atoms with van der Waals surface area (Å²) in [6.07, 6.45) is 5.25. The Labute approximate surface area is 109 Å². The van der Waals surface area contributed by atoms with E-state index in [1.54, 1.807) is 0 Å². The Morgan fingerprint density at radius 3 is 3.06 bits per heavy atom. The lowest BCUT2D eigenvalue weighted by Gasteiger charge is -2.26. The molecule has 18 heavy (non-hydrogen) atoms. The van der Waals surface area contributed by atoms with Gasteiger partial charge >= 0.3 is 0 Å². The largest absolute Gasteiger partial charge is 0.334 e. The topological polar surface area (TPSA) is 33.1 Å². The summed E-state index contributed by atoms with van der Waals surface area (Å²) >= 11 is 0. The highest BCUT2D eigenvalue weighted by atomic mass is 15.2. The molecule has 3 rings (SSSR count). The van der Waals surface area contributed by atoms with E-state index in [4.69, 9.17) is 0 Å². The Bertz CT molecular complexity index is 400. The quantitative estimate of drug-likeness (QED) is 0.873. The van der Waals surface area contributed by atoms with Crippen LogP contribution >= 0.6 is 0 Å². The van der Waals surface area contributed by atoms with E-state index in [-0.39, 0.29) is 0 Å². The number of hydrogen-bond donors (Lipinski definition) is 1. The first kappa shape index (κ1) is 12.2. The lowest BCUT2D eigenvalue weighted by Crippen LogP contribution is -2.35. The zero-order chi connectivity index (χ0) is 12.5. The van der Waals surface area contributed by atoms with Gasteiger partial charge in [-0.15, -0.1) is 0 Å². The van der Waals surface area contributed by atoms with E-state index in [0.717, 1.165) is 31.0 Å². The predicted octanol–water partition coefficient (Wildman–Crippen LogP) is 1.33. The first-order valence-corrected chi connectivity index (χ1v) is 7.27. The highest BCUT2D eigenvalue weighted by Gasteiger charge is 2.43. The van der Waals surface area contributed by atoms with Gasteiger partial charge < -0.3 is 9.88 Å². The maximum atomic E-state index is 4.28. The van der Waals surface area contributed by atoms with Gasteiger partial charge in [0.25, 0.3) is 0 Å². The molecular formula is C14H24N4. The smallest absolute Gasteiger partial charge is 0.0948 e. The van der Waals surface area contributed by atoms with Crippen molar-refractivity contribution in [3.05, 3.63) is 18.2 Å². The fourth-order valence-electron chi connectivity index (χ4n) is 3.83. The van der Waals surface area contributed by atoms with Gasteiger partial charge in [-0.1, -0.05) is 6.92 Å². The number of fused-ring (bicyclic) bond motifs is 1. The number of likely N-dealkylation sites (tertiary alicyclic amines) is 1. The fraction of sp³-hybridized carbons (Fsp3) is 0.786. The Morgan fingerprint density at radius 1 is 1.39 bits per heavy atom. The molecule has 2 saturated heterocycles. The normalized spacial score (nSPS) is 32.0. The standard InChI is InChI=1S/C14H24N4/c1-3-14-13-7-15-5-11(13)8-18(14)9-12-6-16-10-17(12)4-2/h6,10-11,13-15H,3-5,7-9H2,1-2H3. The maximum Gasteiger partial charge on any atom is 0.0948 e. The summed E-state index contributed by atoms with van der Waals surface area (Å²) in [5.41, 5.74) is 1.36. The van der Waals surface area contributed by atoms with Crippen LogP contribution in [0.4, 0.5) is 0 Å². The Balaban J connectivity index is 1.73. The van der Waals surface area contributed by atoms with Crippen molar-refractivity contribution in [2.75, 3.05) is 19.6 Å². The SMILES string of the molecule is CCC1C2CNCC2CN1Cc1cncn1CC. The molecule has 0 amide bonds. The van der Waals surface area contributed by atoms with Gasteiger partial charge in [-0.2, -0.15) is 0 Å². The van der Waals surface area contributed by atoms with E-state index in [0.29, 0.717) is 0 Å². The first-order chi connectivity index (χ1) is 8.83. The summed E-state index contributed by atoms with van der Waals surface area (Å²) in [4.78, 5) is 6.96. The van der Waals surface area contributed by atoms with Gasteiger partial charge in [-0.3, -0.25) is 4.90 Å². The molecule has 1 aromatic rings. The van der Waals surface area contributed by atoms with E-state index in [1.807, 2.05) is 12.5 Å². The fourth-order valence-corrected chi connectivity index (χ4v) is 3.83. The van der Waals surface area contributed by atoms with Crippen LogP contribution in [0, 0.1) is 11.8 Å². The number of aryl methyl sites for hydroxylation is 1. The highest BCUT2D eigenvalue weighted by molar-refractivity contribution is 5.03. The zero-order valence-electron chi connectivity index (χ0n) is 11.5. The summed E-state index contributed by atoms with van der Waals surface area (Å²) < 4.78 is 2.26. The summed E-state index contributed by atoms with van der Waals surface area (Å²) in [5, 5.41) is 3.55. The molecule has 1 aromatic heterocycles. The molecule has 0 spiro atoms. The van der Waals surface area contributed by atoms with Crippen molar-refractivity contribution in [3.8, 4) is 0 Å². The van der Waals surface area contributed by atoms with Crippen molar-refractivity contribution < 1.29 is 0 Å². The average molecular weight is 248 g/mol. The molecule has 3 atom stereocenters. The van der Waals surface area contributed by atoms with Crippen LogP contribution in [0.15, 0.2) is 12.5 Å². The third kappa shape index (κ3) is 1.97. The molecule has 4 heteroatoms. The minimum Gasteiger partial charge on any atom is -0.334 e. The summed E-state index contributed by atoms with van der Waals surface area (Å²) in [5.74, 6) is 1.74. The molecule has 3 heterocycles. The highest BCUT2D eigenvalue weighted by Crippen LogP contribution is 2.35. The van der Waals surface area contributed by atoms with Crippen LogP contribution in [0.3, 0.4) is 0 Å². The van der Waals surface area contributed by atoms with Gasteiger partial charge in [-0.05, 0) is 38.3 Å². The van der Waals surface area contributed by atoms with E-state index >= 15 is 0 Å².